The quantitative estimate of drug-likeness (QED) is 0.808. The molecule has 1 aromatic rings. The maximum atomic E-state index is 12.7. The van der Waals surface area contributed by atoms with Gasteiger partial charge in [0.2, 0.25) is 0 Å². The summed E-state index contributed by atoms with van der Waals surface area (Å²) in [5.74, 6) is 0.00551. The fraction of sp³-hybridized carbons (Fsp3) is 0.533. The Morgan fingerprint density at radius 2 is 2.05 bits per heavy atom. The molecule has 20 heavy (non-hydrogen) atoms. The van der Waals surface area contributed by atoms with E-state index < -0.39 is 0 Å². The molecule has 0 spiro atoms. The van der Waals surface area contributed by atoms with Gasteiger partial charge in [0.15, 0.2) is 0 Å². The number of rotatable bonds is 1. The third-order valence-electron chi connectivity index (χ3n) is 4.68. The number of halogens is 1. The molecule has 2 atom stereocenters. The Hall–Kier alpha value is -1.26. The number of benzene rings is 1. The topological polar surface area (TPSA) is 49.6 Å². The molecule has 0 aliphatic carbocycles. The monoisotopic (exact) mass is 293 g/mol. The number of nitrogen functional groups attached to an aromatic ring is 1. The third kappa shape index (κ3) is 2.38. The number of amides is 1. The zero-order valence-electron chi connectivity index (χ0n) is 11.7. The summed E-state index contributed by atoms with van der Waals surface area (Å²) in [7, 11) is 2.17. The van der Waals surface area contributed by atoms with E-state index in [9.17, 15) is 4.79 Å². The third-order valence-corrected chi connectivity index (χ3v) is 4.92. The highest BCUT2D eigenvalue weighted by Gasteiger charge is 2.36. The van der Waals surface area contributed by atoms with Crippen LogP contribution in [0.5, 0.6) is 0 Å². The van der Waals surface area contributed by atoms with E-state index in [1.165, 1.54) is 12.8 Å². The minimum absolute atomic E-state index is 0.00551. The predicted molar refractivity (Wildman–Crippen MR) is 81.0 cm³/mol. The minimum Gasteiger partial charge on any atom is -0.398 e. The van der Waals surface area contributed by atoms with Crippen LogP contribution in [-0.2, 0) is 0 Å². The van der Waals surface area contributed by atoms with Gasteiger partial charge in [-0.25, -0.2) is 0 Å². The number of nitrogens with zero attached hydrogens (tertiary/aromatic N) is 2. The van der Waals surface area contributed by atoms with Gasteiger partial charge in [-0.1, -0.05) is 11.6 Å². The van der Waals surface area contributed by atoms with Gasteiger partial charge >= 0.3 is 0 Å². The first-order valence-corrected chi connectivity index (χ1v) is 7.50. The van der Waals surface area contributed by atoms with Crippen LogP contribution in [0.15, 0.2) is 18.2 Å². The second kappa shape index (κ2) is 5.26. The van der Waals surface area contributed by atoms with Gasteiger partial charge in [-0.05, 0) is 44.5 Å². The molecular formula is C15H20ClN3O. The number of carbonyl (C=O) groups is 1. The van der Waals surface area contributed by atoms with Gasteiger partial charge < -0.3 is 10.6 Å². The molecule has 2 bridgehead atoms. The maximum absolute atomic E-state index is 12.7. The smallest absolute Gasteiger partial charge is 0.256 e. The summed E-state index contributed by atoms with van der Waals surface area (Å²) in [6, 6.07) is 6.19. The highest BCUT2D eigenvalue weighted by Crippen LogP contribution is 2.29. The van der Waals surface area contributed by atoms with E-state index in [0.717, 1.165) is 19.5 Å². The number of fused-ring (bicyclic) bond motifs is 2. The summed E-state index contributed by atoms with van der Waals surface area (Å²) >= 11 is 5.98. The lowest BCUT2D eigenvalue weighted by Crippen LogP contribution is -2.39. The van der Waals surface area contributed by atoms with Gasteiger partial charge in [-0.3, -0.25) is 9.69 Å². The second-order valence-electron chi connectivity index (χ2n) is 5.82. The average molecular weight is 294 g/mol. The summed E-state index contributed by atoms with van der Waals surface area (Å²) in [6.45, 7) is 1.59. The molecule has 2 N–H and O–H groups in total. The van der Waals surface area contributed by atoms with E-state index in [0.29, 0.717) is 28.4 Å². The Morgan fingerprint density at radius 3 is 2.85 bits per heavy atom. The molecule has 1 aromatic carbocycles. The van der Waals surface area contributed by atoms with Crippen molar-refractivity contribution in [2.24, 2.45) is 0 Å². The molecule has 2 unspecified atom stereocenters. The van der Waals surface area contributed by atoms with Crippen LogP contribution in [0.1, 0.15) is 29.6 Å². The number of carbonyl (C=O) groups excluding carboxylic acids is 1. The number of likely N-dealkylation sites (N-methyl/N-ethyl adjacent to an activating group) is 1. The van der Waals surface area contributed by atoms with Crippen molar-refractivity contribution in [3.8, 4) is 0 Å². The number of nitrogens with two attached hydrogens (primary N) is 1. The van der Waals surface area contributed by atoms with Gasteiger partial charge in [0.25, 0.3) is 5.91 Å². The van der Waals surface area contributed by atoms with Crippen LogP contribution in [0.2, 0.25) is 5.02 Å². The molecule has 0 saturated carbocycles. The van der Waals surface area contributed by atoms with Crippen molar-refractivity contribution in [2.45, 2.75) is 31.3 Å². The van der Waals surface area contributed by atoms with Gasteiger partial charge in [0.1, 0.15) is 0 Å². The molecule has 3 rings (SSSR count). The predicted octanol–water partition coefficient (Wildman–Crippen LogP) is 2.23. The van der Waals surface area contributed by atoms with Crippen LogP contribution in [0.25, 0.3) is 0 Å². The highest BCUT2D eigenvalue weighted by molar-refractivity contribution is 6.31. The van der Waals surface area contributed by atoms with E-state index in [4.69, 9.17) is 17.3 Å². The molecule has 0 radical (unpaired) electrons. The Balaban J connectivity index is 1.82. The van der Waals surface area contributed by atoms with Crippen molar-refractivity contribution in [3.05, 3.63) is 28.8 Å². The summed E-state index contributed by atoms with van der Waals surface area (Å²) in [5, 5.41) is 0.552. The average Bonchev–Trinajstić information content (AvgIpc) is 2.65. The molecule has 2 saturated heterocycles. The normalized spacial score (nSPS) is 26.6. The van der Waals surface area contributed by atoms with E-state index in [-0.39, 0.29) is 5.91 Å². The Labute approximate surface area is 124 Å². The fourth-order valence-corrected chi connectivity index (χ4v) is 3.55. The molecule has 2 aliphatic heterocycles. The molecule has 5 heteroatoms. The lowest BCUT2D eigenvalue weighted by atomic mass is 10.1. The van der Waals surface area contributed by atoms with Crippen molar-refractivity contribution >= 4 is 23.2 Å². The van der Waals surface area contributed by atoms with Crippen LogP contribution < -0.4 is 5.73 Å². The molecule has 108 valence electrons. The zero-order chi connectivity index (χ0) is 14.3. The summed E-state index contributed by atoms with van der Waals surface area (Å²) in [5.41, 5.74) is 6.95. The van der Waals surface area contributed by atoms with E-state index in [1.54, 1.807) is 18.2 Å². The first-order chi connectivity index (χ1) is 9.56. The first-order valence-electron chi connectivity index (χ1n) is 7.12. The van der Waals surface area contributed by atoms with Crippen molar-refractivity contribution in [3.63, 3.8) is 0 Å². The van der Waals surface area contributed by atoms with Crippen LogP contribution >= 0.6 is 11.6 Å². The number of hydrogen-bond donors (Lipinski definition) is 1. The first kappa shape index (κ1) is 13.7. The van der Waals surface area contributed by atoms with Crippen LogP contribution in [0.3, 0.4) is 0 Å². The van der Waals surface area contributed by atoms with Crippen molar-refractivity contribution in [1.82, 2.24) is 9.80 Å². The number of likely N-dealkylation sites (tertiary alicyclic amines) is 1. The summed E-state index contributed by atoms with van der Waals surface area (Å²) in [6.07, 6.45) is 3.47. The van der Waals surface area contributed by atoms with Crippen LogP contribution in [0.4, 0.5) is 5.69 Å². The second-order valence-corrected chi connectivity index (χ2v) is 6.26. The SMILES string of the molecule is CN1C2CCC1CN(C(=O)c1cc(Cl)ccc1N)CC2. The van der Waals surface area contributed by atoms with E-state index in [2.05, 4.69) is 11.9 Å². The molecule has 2 aliphatic rings. The molecule has 2 fully saturated rings. The lowest BCUT2D eigenvalue weighted by molar-refractivity contribution is 0.0741. The van der Waals surface area contributed by atoms with Gasteiger partial charge in [-0.15, -0.1) is 0 Å². The fourth-order valence-electron chi connectivity index (χ4n) is 3.38. The van der Waals surface area contributed by atoms with Crippen molar-refractivity contribution in [1.29, 1.82) is 0 Å². The number of hydrogen-bond acceptors (Lipinski definition) is 3. The van der Waals surface area contributed by atoms with Crippen LogP contribution in [0, 0.1) is 0 Å². The van der Waals surface area contributed by atoms with E-state index >= 15 is 0 Å². The molecule has 4 nitrogen and oxygen atoms in total. The zero-order valence-corrected chi connectivity index (χ0v) is 12.4. The number of anilines is 1. The van der Waals surface area contributed by atoms with Crippen LogP contribution in [-0.4, -0.2) is 47.9 Å². The van der Waals surface area contributed by atoms with Crippen molar-refractivity contribution in [2.75, 3.05) is 25.9 Å². The van der Waals surface area contributed by atoms with Crippen molar-refractivity contribution < 1.29 is 4.79 Å². The molecule has 0 aromatic heterocycles. The Bertz CT molecular complexity index is 534. The van der Waals surface area contributed by atoms with E-state index in [1.807, 2.05) is 4.90 Å². The largest absolute Gasteiger partial charge is 0.398 e. The summed E-state index contributed by atoms with van der Waals surface area (Å²) in [4.78, 5) is 17.0. The Kier molecular flexibility index (Phi) is 3.61. The van der Waals surface area contributed by atoms with Gasteiger partial charge in [-0.2, -0.15) is 0 Å². The maximum Gasteiger partial charge on any atom is 0.256 e. The van der Waals surface area contributed by atoms with Gasteiger partial charge in [0.05, 0.1) is 5.56 Å². The lowest BCUT2D eigenvalue weighted by Gasteiger charge is -2.26. The summed E-state index contributed by atoms with van der Waals surface area (Å²) < 4.78 is 0. The molecule has 1 amide bonds. The minimum atomic E-state index is 0.00551. The molecule has 2 heterocycles. The Morgan fingerprint density at radius 1 is 1.30 bits per heavy atom. The molecular weight excluding hydrogens is 274 g/mol. The standard InChI is InChI=1S/C15H20ClN3O/c1-18-11-3-4-12(18)9-19(7-6-11)15(20)13-8-10(16)2-5-14(13)17/h2,5,8,11-12H,3-4,6-7,9,17H2,1H3. The van der Waals surface area contributed by atoms with Gasteiger partial charge in [0, 0.05) is 35.9 Å². The highest BCUT2D eigenvalue weighted by atomic mass is 35.5.